The van der Waals surface area contributed by atoms with Gasteiger partial charge in [-0.3, -0.25) is 4.40 Å². The Morgan fingerprint density at radius 1 is 1.47 bits per heavy atom. The fourth-order valence-corrected chi connectivity index (χ4v) is 2.55. The number of fused-ring (bicyclic) bond motifs is 1. The number of hydrogen-bond donors (Lipinski definition) is 1. The molecule has 3 aromatic rings. The highest BCUT2D eigenvalue weighted by Gasteiger charge is 2.14. The summed E-state index contributed by atoms with van der Waals surface area (Å²) in [5.74, 6) is 0.550. The lowest BCUT2D eigenvalue weighted by molar-refractivity contribution is 0.454. The zero-order chi connectivity index (χ0) is 13.4. The molecule has 0 atom stereocenters. The molecule has 4 nitrogen and oxygen atoms in total. The first-order chi connectivity index (χ1) is 9.19. The summed E-state index contributed by atoms with van der Waals surface area (Å²) in [7, 11) is 0. The van der Waals surface area contributed by atoms with Gasteiger partial charge in [0, 0.05) is 24.2 Å². The Morgan fingerprint density at radius 3 is 3.05 bits per heavy atom. The Balaban J connectivity index is 2.00. The zero-order valence-corrected chi connectivity index (χ0v) is 11.1. The van der Waals surface area contributed by atoms with Crippen molar-refractivity contribution in [2.75, 3.05) is 0 Å². The van der Waals surface area contributed by atoms with Crippen molar-refractivity contribution < 1.29 is 9.13 Å². The van der Waals surface area contributed by atoms with Crippen molar-refractivity contribution in [1.82, 2.24) is 9.38 Å². The smallest absolute Gasteiger partial charge is 0.243 e. The standard InChI is InChI=1S/C13H12FN3OS/c1-8-2-3-9(6-10(8)14)18-12-11(7-15)17-4-5-19-13(17)16-12/h2-6H,7,15H2,1H3. The summed E-state index contributed by atoms with van der Waals surface area (Å²) in [6.45, 7) is 2.01. The van der Waals surface area contributed by atoms with Gasteiger partial charge in [-0.2, -0.15) is 4.98 Å². The summed E-state index contributed by atoms with van der Waals surface area (Å²) in [6, 6.07) is 4.74. The van der Waals surface area contributed by atoms with E-state index in [1.165, 1.54) is 17.4 Å². The molecular weight excluding hydrogens is 265 g/mol. The van der Waals surface area contributed by atoms with Crippen LogP contribution in [-0.4, -0.2) is 9.38 Å². The monoisotopic (exact) mass is 277 g/mol. The fourth-order valence-electron chi connectivity index (χ4n) is 1.83. The van der Waals surface area contributed by atoms with Crippen LogP contribution in [0.2, 0.25) is 0 Å². The molecule has 0 radical (unpaired) electrons. The number of nitrogens with two attached hydrogens (primary N) is 1. The number of ether oxygens (including phenoxy) is 1. The number of thiazole rings is 1. The average molecular weight is 277 g/mol. The van der Waals surface area contributed by atoms with Gasteiger partial charge >= 0.3 is 0 Å². The van der Waals surface area contributed by atoms with Crippen molar-refractivity contribution >= 4 is 16.3 Å². The molecule has 6 heteroatoms. The number of imidazole rings is 1. The van der Waals surface area contributed by atoms with Gasteiger partial charge in [-0.25, -0.2) is 4.39 Å². The molecule has 0 saturated carbocycles. The maximum absolute atomic E-state index is 13.5. The largest absolute Gasteiger partial charge is 0.437 e. The molecule has 0 aliphatic heterocycles. The Hall–Kier alpha value is -1.92. The van der Waals surface area contributed by atoms with Crippen LogP contribution in [-0.2, 0) is 6.54 Å². The first kappa shape index (κ1) is 12.1. The third kappa shape index (κ3) is 2.09. The van der Waals surface area contributed by atoms with Crippen molar-refractivity contribution in [3.63, 3.8) is 0 Å². The number of aryl methyl sites for hydroxylation is 1. The van der Waals surface area contributed by atoms with E-state index < -0.39 is 0 Å². The van der Waals surface area contributed by atoms with Crippen molar-refractivity contribution in [2.24, 2.45) is 5.73 Å². The summed E-state index contributed by atoms with van der Waals surface area (Å²) in [5.41, 5.74) is 7.07. The molecular formula is C13H12FN3OS. The average Bonchev–Trinajstić information content (AvgIpc) is 2.94. The molecule has 0 bridgehead atoms. The second kappa shape index (κ2) is 4.64. The lowest BCUT2D eigenvalue weighted by Crippen LogP contribution is -2.01. The maximum atomic E-state index is 13.5. The van der Waals surface area contributed by atoms with Crippen molar-refractivity contribution in [3.8, 4) is 11.6 Å². The van der Waals surface area contributed by atoms with Crippen LogP contribution in [0.4, 0.5) is 4.39 Å². The minimum Gasteiger partial charge on any atom is -0.437 e. The Labute approximate surface area is 113 Å². The lowest BCUT2D eigenvalue weighted by atomic mass is 10.2. The van der Waals surface area contributed by atoms with Crippen LogP contribution < -0.4 is 10.5 Å². The Bertz CT molecular complexity index is 735. The first-order valence-corrected chi connectivity index (χ1v) is 6.65. The molecule has 98 valence electrons. The van der Waals surface area contributed by atoms with Crippen molar-refractivity contribution in [2.45, 2.75) is 13.5 Å². The molecule has 3 rings (SSSR count). The molecule has 2 heterocycles. The summed E-state index contributed by atoms with van der Waals surface area (Å²) in [4.78, 5) is 5.16. The van der Waals surface area contributed by atoms with E-state index in [1.54, 1.807) is 19.1 Å². The minimum atomic E-state index is -0.298. The number of aromatic nitrogens is 2. The molecule has 2 aromatic heterocycles. The number of hydrogen-bond acceptors (Lipinski definition) is 4. The summed E-state index contributed by atoms with van der Waals surface area (Å²) >= 11 is 1.50. The fraction of sp³-hybridized carbons (Fsp3) is 0.154. The highest BCUT2D eigenvalue weighted by atomic mass is 32.1. The second-order valence-corrected chi connectivity index (χ2v) is 5.01. The molecule has 2 N–H and O–H groups in total. The van der Waals surface area contributed by atoms with E-state index in [1.807, 2.05) is 16.0 Å². The summed E-state index contributed by atoms with van der Waals surface area (Å²) in [6.07, 6.45) is 1.89. The van der Waals surface area contributed by atoms with E-state index in [2.05, 4.69) is 4.98 Å². The second-order valence-electron chi connectivity index (χ2n) is 4.14. The Kier molecular flexibility index (Phi) is 2.96. The van der Waals surface area contributed by atoms with E-state index in [-0.39, 0.29) is 5.82 Å². The predicted octanol–water partition coefficient (Wildman–Crippen LogP) is 3.09. The van der Waals surface area contributed by atoms with Gasteiger partial charge in [0.2, 0.25) is 5.88 Å². The van der Waals surface area contributed by atoms with E-state index in [9.17, 15) is 4.39 Å². The highest BCUT2D eigenvalue weighted by molar-refractivity contribution is 7.15. The number of halogens is 1. The van der Waals surface area contributed by atoms with Crippen LogP contribution >= 0.6 is 11.3 Å². The molecule has 0 unspecified atom stereocenters. The number of benzene rings is 1. The third-order valence-electron chi connectivity index (χ3n) is 2.88. The predicted molar refractivity (Wildman–Crippen MR) is 72.2 cm³/mol. The lowest BCUT2D eigenvalue weighted by Gasteiger charge is -2.05. The molecule has 0 saturated heterocycles. The van der Waals surface area contributed by atoms with Gasteiger partial charge in [-0.1, -0.05) is 6.07 Å². The van der Waals surface area contributed by atoms with Crippen LogP contribution in [0, 0.1) is 12.7 Å². The number of rotatable bonds is 3. The van der Waals surface area contributed by atoms with E-state index in [0.717, 1.165) is 10.7 Å². The van der Waals surface area contributed by atoms with E-state index >= 15 is 0 Å². The molecule has 19 heavy (non-hydrogen) atoms. The first-order valence-electron chi connectivity index (χ1n) is 5.77. The molecule has 1 aromatic carbocycles. The van der Waals surface area contributed by atoms with Gasteiger partial charge in [0.1, 0.15) is 17.3 Å². The van der Waals surface area contributed by atoms with Gasteiger partial charge in [-0.05, 0) is 18.6 Å². The maximum Gasteiger partial charge on any atom is 0.243 e. The molecule has 0 amide bonds. The van der Waals surface area contributed by atoms with Crippen LogP contribution in [0.3, 0.4) is 0 Å². The van der Waals surface area contributed by atoms with Gasteiger partial charge in [0.15, 0.2) is 4.96 Å². The molecule has 0 spiro atoms. The van der Waals surface area contributed by atoms with Gasteiger partial charge in [0.05, 0.1) is 0 Å². The van der Waals surface area contributed by atoms with E-state index in [0.29, 0.717) is 23.7 Å². The quantitative estimate of drug-likeness (QED) is 0.800. The molecule has 0 fully saturated rings. The van der Waals surface area contributed by atoms with E-state index in [4.69, 9.17) is 10.5 Å². The zero-order valence-electron chi connectivity index (χ0n) is 10.3. The van der Waals surface area contributed by atoms with Crippen LogP contribution in [0.5, 0.6) is 11.6 Å². The topological polar surface area (TPSA) is 52.5 Å². The van der Waals surface area contributed by atoms with Gasteiger partial charge < -0.3 is 10.5 Å². The van der Waals surface area contributed by atoms with Crippen molar-refractivity contribution in [3.05, 3.63) is 46.9 Å². The Morgan fingerprint density at radius 2 is 2.32 bits per heavy atom. The summed E-state index contributed by atoms with van der Waals surface area (Å²) in [5, 5.41) is 1.93. The third-order valence-corrected chi connectivity index (χ3v) is 3.63. The van der Waals surface area contributed by atoms with Crippen LogP contribution in [0.1, 0.15) is 11.3 Å². The summed E-state index contributed by atoms with van der Waals surface area (Å²) < 4.78 is 21.0. The van der Waals surface area contributed by atoms with Gasteiger partial charge in [0.25, 0.3) is 0 Å². The molecule has 0 aliphatic rings. The van der Waals surface area contributed by atoms with Gasteiger partial charge in [-0.15, -0.1) is 11.3 Å². The SMILES string of the molecule is Cc1ccc(Oc2nc3sccn3c2CN)cc1F. The molecule has 0 aliphatic carbocycles. The van der Waals surface area contributed by atoms with Crippen molar-refractivity contribution in [1.29, 1.82) is 0 Å². The van der Waals surface area contributed by atoms with Crippen LogP contribution in [0.25, 0.3) is 4.96 Å². The minimum absolute atomic E-state index is 0.298. The van der Waals surface area contributed by atoms with Crippen LogP contribution in [0.15, 0.2) is 29.8 Å². The normalized spacial score (nSPS) is 11.1. The highest BCUT2D eigenvalue weighted by Crippen LogP contribution is 2.28. The number of nitrogens with zero attached hydrogens (tertiary/aromatic N) is 2.